The van der Waals surface area contributed by atoms with Crippen LogP contribution < -0.4 is 14.4 Å². The lowest BCUT2D eigenvalue weighted by molar-refractivity contribution is -0.117. The Balaban J connectivity index is 2.11. The van der Waals surface area contributed by atoms with Gasteiger partial charge in [-0.25, -0.2) is 8.42 Å². The lowest BCUT2D eigenvalue weighted by Crippen LogP contribution is -2.38. The Bertz CT molecular complexity index is 822. The van der Waals surface area contributed by atoms with E-state index in [1.54, 1.807) is 39.3 Å². The molecule has 9 heteroatoms. The molecule has 0 unspecified atom stereocenters. The van der Waals surface area contributed by atoms with Gasteiger partial charge in [-0.2, -0.15) is 4.99 Å². The minimum atomic E-state index is -3.11. The second kappa shape index (κ2) is 6.87. The molecule has 136 valence electrons. The minimum Gasteiger partial charge on any atom is -0.497 e. The molecule has 2 atom stereocenters. The standard InChI is InChI=1S/C16H20N2O5S2/c1-4-15(19)17-16-18(12-8-25(20,21)9-14(12)24-16)11-7-10(22-2)5-6-13(11)23-3/h5-7,12,14H,4,8-9H2,1-3H3/t12-,14-/m1/s1. The van der Waals surface area contributed by atoms with E-state index in [0.717, 1.165) is 0 Å². The molecule has 1 amide bonds. The maximum absolute atomic E-state index is 12.1. The number of anilines is 1. The summed E-state index contributed by atoms with van der Waals surface area (Å²) in [5.74, 6) is 1.07. The normalized spacial score (nSPS) is 25.9. The van der Waals surface area contributed by atoms with Gasteiger partial charge in [0, 0.05) is 17.7 Å². The summed E-state index contributed by atoms with van der Waals surface area (Å²) in [6.07, 6.45) is 0.292. The summed E-state index contributed by atoms with van der Waals surface area (Å²) >= 11 is 1.34. The van der Waals surface area contributed by atoms with E-state index >= 15 is 0 Å². The van der Waals surface area contributed by atoms with E-state index in [4.69, 9.17) is 9.47 Å². The number of methoxy groups -OCH3 is 2. The van der Waals surface area contributed by atoms with Crippen molar-refractivity contribution >= 4 is 38.4 Å². The summed E-state index contributed by atoms with van der Waals surface area (Å²) < 4.78 is 34.9. The first-order chi connectivity index (χ1) is 11.9. The Morgan fingerprint density at radius 1 is 1.32 bits per heavy atom. The number of hydrogen-bond acceptors (Lipinski definition) is 6. The van der Waals surface area contributed by atoms with Crippen LogP contribution in [-0.4, -0.2) is 56.5 Å². The van der Waals surface area contributed by atoms with Crippen molar-refractivity contribution in [1.82, 2.24) is 0 Å². The number of fused-ring (bicyclic) bond motifs is 1. The Labute approximate surface area is 151 Å². The number of carbonyl (C=O) groups is 1. The maximum Gasteiger partial charge on any atom is 0.247 e. The molecule has 0 saturated carbocycles. The van der Waals surface area contributed by atoms with Crippen LogP contribution in [0, 0.1) is 0 Å². The van der Waals surface area contributed by atoms with E-state index in [2.05, 4.69) is 4.99 Å². The number of hydrogen-bond donors (Lipinski definition) is 0. The first-order valence-corrected chi connectivity index (χ1v) is 10.6. The van der Waals surface area contributed by atoms with Crippen LogP contribution in [0.4, 0.5) is 5.69 Å². The van der Waals surface area contributed by atoms with Crippen molar-refractivity contribution in [3.8, 4) is 11.5 Å². The zero-order valence-corrected chi connectivity index (χ0v) is 15.9. The van der Waals surface area contributed by atoms with Crippen LogP contribution in [0.5, 0.6) is 11.5 Å². The molecule has 2 fully saturated rings. The van der Waals surface area contributed by atoms with Gasteiger partial charge in [0.25, 0.3) is 0 Å². The molecule has 2 aliphatic heterocycles. The highest BCUT2D eigenvalue weighted by atomic mass is 32.2. The second-order valence-corrected chi connectivity index (χ2v) is 9.21. The van der Waals surface area contributed by atoms with Gasteiger partial charge in [-0.3, -0.25) is 4.79 Å². The van der Waals surface area contributed by atoms with Gasteiger partial charge in [-0.1, -0.05) is 18.7 Å². The summed E-state index contributed by atoms with van der Waals surface area (Å²) in [5.41, 5.74) is 0.654. The highest BCUT2D eigenvalue weighted by Crippen LogP contribution is 2.44. The molecule has 2 aliphatic rings. The summed E-state index contributed by atoms with van der Waals surface area (Å²) in [6, 6.07) is 5.02. The number of amidine groups is 1. The molecule has 0 N–H and O–H groups in total. The molecule has 0 aromatic heterocycles. The van der Waals surface area contributed by atoms with Gasteiger partial charge in [-0.15, -0.1) is 0 Å². The topological polar surface area (TPSA) is 85.3 Å². The number of nitrogens with zero attached hydrogens (tertiary/aromatic N) is 2. The van der Waals surface area contributed by atoms with Crippen LogP contribution >= 0.6 is 11.8 Å². The van der Waals surface area contributed by atoms with E-state index in [-0.39, 0.29) is 28.7 Å². The van der Waals surface area contributed by atoms with E-state index in [9.17, 15) is 13.2 Å². The predicted molar refractivity (Wildman–Crippen MR) is 98.6 cm³/mol. The third-order valence-corrected chi connectivity index (χ3v) is 7.44. The highest BCUT2D eigenvalue weighted by molar-refractivity contribution is 8.16. The summed E-state index contributed by atoms with van der Waals surface area (Å²) in [5, 5.41) is 0.368. The Hall–Kier alpha value is -1.74. The largest absolute Gasteiger partial charge is 0.497 e. The lowest BCUT2D eigenvalue weighted by Gasteiger charge is -2.26. The van der Waals surface area contributed by atoms with Gasteiger partial charge in [0.2, 0.25) is 5.91 Å². The smallest absolute Gasteiger partial charge is 0.247 e. The zero-order valence-electron chi connectivity index (χ0n) is 14.3. The molecule has 2 heterocycles. The monoisotopic (exact) mass is 384 g/mol. The molecule has 0 radical (unpaired) electrons. The number of benzene rings is 1. The van der Waals surface area contributed by atoms with E-state index in [0.29, 0.717) is 28.8 Å². The van der Waals surface area contributed by atoms with Gasteiger partial charge in [0.05, 0.1) is 37.5 Å². The van der Waals surface area contributed by atoms with Crippen LogP contribution in [0.25, 0.3) is 0 Å². The Morgan fingerprint density at radius 2 is 2.08 bits per heavy atom. The van der Waals surface area contributed by atoms with E-state index < -0.39 is 9.84 Å². The zero-order chi connectivity index (χ0) is 18.2. The molecule has 1 aromatic carbocycles. The average molecular weight is 384 g/mol. The molecule has 0 spiro atoms. The third kappa shape index (κ3) is 3.48. The Kier molecular flexibility index (Phi) is 4.97. The SMILES string of the molecule is CCC(=O)N=C1S[C@@H]2CS(=O)(=O)C[C@H]2N1c1cc(OC)ccc1OC. The third-order valence-electron chi connectivity index (χ3n) is 4.23. The lowest BCUT2D eigenvalue weighted by atomic mass is 10.2. The van der Waals surface area contributed by atoms with Crippen molar-refractivity contribution < 1.29 is 22.7 Å². The quantitative estimate of drug-likeness (QED) is 0.781. The number of amides is 1. The molecular weight excluding hydrogens is 364 g/mol. The van der Waals surface area contributed by atoms with Gasteiger partial charge in [0.1, 0.15) is 11.5 Å². The average Bonchev–Trinajstić information content (AvgIpc) is 3.04. The van der Waals surface area contributed by atoms with Crippen LogP contribution in [-0.2, 0) is 14.6 Å². The fourth-order valence-electron chi connectivity index (χ4n) is 3.02. The van der Waals surface area contributed by atoms with Crippen LogP contribution in [0.1, 0.15) is 13.3 Å². The molecule has 25 heavy (non-hydrogen) atoms. The number of thioether (sulfide) groups is 1. The van der Waals surface area contributed by atoms with Crippen LogP contribution in [0.3, 0.4) is 0 Å². The summed E-state index contributed by atoms with van der Waals surface area (Å²) in [4.78, 5) is 17.9. The first kappa shape index (κ1) is 18.1. The van der Waals surface area contributed by atoms with Crippen molar-refractivity contribution in [3.05, 3.63) is 18.2 Å². The predicted octanol–water partition coefficient (Wildman–Crippen LogP) is 1.72. The molecule has 0 aliphatic carbocycles. The summed E-state index contributed by atoms with van der Waals surface area (Å²) in [7, 11) is -0.00830. The van der Waals surface area contributed by atoms with Gasteiger partial charge in [0.15, 0.2) is 15.0 Å². The minimum absolute atomic E-state index is 0.0321. The number of ether oxygens (including phenoxy) is 2. The number of rotatable bonds is 4. The molecule has 7 nitrogen and oxygen atoms in total. The van der Waals surface area contributed by atoms with Crippen LogP contribution in [0.2, 0.25) is 0 Å². The number of carbonyl (C=O) groups excluding carboxylic acids is 1. The highest BCUT2D eigenvalue weighted by Gasteiger charge is 2.50. The van der Waals surface area contributed by atoms with Crippen LogP contribution in [0.15, 0.2) is 23.2 Å². The van der Waals surface area contributed by atoms with Crippen molar-refractivity contribution in [3.63, 3.8) is 0 Å². The summed E-state index contributed by atoms with van der Waals surface area (Å²) in [6.45, 7) is 1.74. The van der Waals surface area contributed by atoms with E-state index in [1.165, 1.54) is 11.8 Å². The molecule has 1 aromatic rings. The number of sulfone groups is 1. The van der Waals surface area contributed by atoms with E-state index in [1.807, 2.05) is 4.90 Å². The van der Waals surface area contributed by atoms with Gasteiger partial charge < -0.3 is 14.4 Å². The van der Waals surface area contributed by atoms with Crippen molar-refractivity contribution in [1.29, 1.82) is 0 Å². The van der Waals surface area contributed by atoms with Gasteiger partial charge in [-0.05, 0) is 12.1 Å². The maximum atomic E-state index is 12.1. The van der Waals surface area contributed by atoms with Gasteiger partial charge >= 0.3 is 0 Å². The van der Waals surface area contributed by atoms with Crippen molar-refractivity contribution in [2.75, 3.05) is 30.6 Å². The Morgan fingerprint density at radius 3 is 2.72 bits per heavy atom. The fourth-order valence-corrected chi connectivity index (χ4v) is 6.94. The first-order valence-electron chi connectivity index (χ1n) is 7.88. The fraction of sp³-hybridized carbons (Fsp3) is 0.500. The van der Waals surface area contributed by atoms with Crippen molar-refractivity contribution in [2.45, 2.75) is 24.6 Å². The second-order valence-electron chi connectivity index (χ2n) is 5.85. The number of aliphatic imine (C=N–C) groups is 1. The molecule has 0 bridgehead atoms. The van der Waals surface area contributed by atoms with Crippen molar-refractivity contribution in [2.24, 2.45) is 4.99 Å². The molecule has 3 rings (SSSR count). The molecular formula is C16H20N2O5S2. The molecule has 2 saturated heterocycles.